The molecule has 1 heterocycles. The maximum atomic E-state index is 6.02. The molecule has 1 aromatic heterocycles. The number of hydrogen-bond donors (Lipinski definition) is 1. The molecule has 1 aromatic carbocycles. The van der Waals surface area contributed by atoms with Gasteiger partial charge in [0, 0.05) is 10.9 Å². The minimum atomic E-state index is 0.195. The maximum absolute atomic E-state index is 6.02. The van der Waals surface area contributed by atoms with Crippen LogP contribution in [0.4, 0.5) is 0 Å². The Morgan fingerprint density at radius 2 is 2.05 bits per heavy atom. The molecule has 0 fully saturated rings. The van der Waals surface area contributed by atoms with Crippen molar-refractivity contribution in [2.24, 2.45) is 5.73 Å². The van der Waals surface area contributed by atoms with Crippen molar-refractivity contribution in [1.82, 2.24) is 0 Å². The van der Waals surface area contributed by atoms with Crippen molar-refractivity contribution >= 4 is 27.3 Å². The number of para-hydroxylation sites is 1. The predicted molar refractivity (Wildman–Crippen MR) is 84.8 cm³/mol. The van der Waals surface area contributed by atoms with Crippen LogP contribution in [0.15, 0.2) is 40.2 Å². The summed E-state index contributed by atoms with van der Waals surface area (Å²) in [5.41, 5.74) is 7.21. The maximum Gasteiger partial charge on any atom is 0.123 e. The predicted octanol–water partition coefficient (Wildman–Crippen LogP) is 4.37. The van der Waals surface area contributed by atoms with Crippen LogP contribution < -0.4 is 10.5 Å². The molecule has 0 spiro atoms. The second-order valence-corrected chi connectivity index (χ2v) is 7.02. The van der Waals surface area contributed by atoms with E-state index in [1.54, 1.807) is 11.3 Å². The minimum Gasteiger partial charge on any atom is -0.488 e. The topological polar surface area (TPSA) is 35.2 Å². The molecule has 0 saturated heterocycles. The number of thiophene rings is 1. The fourth-order valence-corrected chi connectivity index (χ4v) is 3.21. The molecule has 1 atom stereocenters. The van der Waals surface area contributed by atoms with E-state index >= 15 is 0 Å². The third-order valence-electron chi connectivity index (χ3n) is 2.98. The van der Waals surface area contributed by atoms with Gasteiger partial charge in [0.1, 0.15) is 12.4 Å². The lowest BCUT2D eigenvalue weighted by atomic mass is 10.0. The number of halogens is 1. The molecule has 19 heavy (non-hydrogen) atoms. The Bertz CT molecular complexity index is 526. The first-order valence-electron chi connectivity index (χ1n) is 6.39. The quantitative estimate of drug-likeness (QED) is 0.847. The van der Waals surface area contributed by atoms with Gasteiger partial charge >= 0.3 is 0 Å². The molecular formula is C15H18BrNOS. The van der Waals surface area contributed by atoms with Gasteiger partial charge in [-0.05, 0) is 52.5 Å². The van der Waals surface area contributed by atoms with Crippen molar-refractivity contribution in [1.29, 1.82) is 0 Å². The Balaban J connectivity index is 2.03. The molecule has 0 amide bonds. The molecule has 0 aliphatic rings. The van der Waals surface area contributed by atoms with E-state index in [-0.39, 0.29) is 6.04 Å². The smallest absolute Gasteiger partial charge is 0.123 e. The highest BCUT2D eigenvalue weighted by molar-refractivity contribution is 9.11. The van der Waals surface area contributed by atoms with E-state index in [0.717, 1.165) is 22.4 Å². The zero-order valence-corrected chi connectivity index (χ0v) is 13.3. The highest BCUT2D eigenvalue weighted by atomic mass is 79.9. The third-order valence-corrected chi connectivity index (χ3v) is 4.58. The Kier molecular flexibility index (Phi) is 5.43. The van der Waals surface area contributed by atoms with Crippen LogP contribution in [0.1, 0.15) is 23.8 Å². The van der Waals surface area contributed by atoms with E-state index in [0.29, 0.717) is 6.61 Å². The number of hydrogen-bond acceptors (Lipinski definition) is 3. The lowest BCUT2D eigenvalue weighted by molar-refractivity contribution is 0.305. The largest absolute Gasteiger partial charge is 0.488 e. The van der Waals surface area contributed by atoms with Crippen molar-refractivity contribution in [3.63, 3.8) is 0 Å². The first-order valence-corrected chi connectivity index (χ1v) is 8.00. The molecule has 0 radical (unpaired) electrons. The van der Waals surface area contributed by atoms with Gasteiger partial charge in [0.25, 0.3) is 0 Å². The second kappa shape index (κ2) is 7.08. The van der Waals surface area contributed by atoms with Gasteiger partial charge in [-0.3, -0.25) is 0 Å². The Morgan fingerprint density at radius 3 is 2.74 bits per heavy atom. The number of rotatable bonds is 6. The summed E-state index contributed by atoms with van der Waals surface area (Å²) >= 11 is 5.16. The van der Waals surface area contributed by atoms with Crippen LogP contribution in [0.2, 0.25) is 0 Å². The normalized spacial score (nSPS) is 12.4. The summed E-state index contributed by atoms with van der Waals surface area (Å²) in [6.45, 7) is 2.71. The summed E-state index contributed by atoms with van der Waals surface area (Å²) in [5, 5.41) is 0. The SMILES string of the molecule is CCC(N)Cc1ccccc1OCc1ccc(Br)s1. The van der Waals surface area contributed by atoms with Gasteiger partial charge in [-0.1, -0.05) is 25.1 Å². The lowest BCUT2D eigenvalue weighted by Gasteiger charge is -2.13. The summed E-state index contributed by atoms with van der Waals surface area (Å²) in [4.78, 5) is 1.21. The zero-order valence-electron chi connectivity index (χ0n) is 10.9. The van der Waals surface area contributed by atoms with Crippen LogP contribution in [-0.4, -0.2) is 6.04 Å². The molecule has 4 heteroatoms. The van der Waals surface area contributed by atoms with E-state index < -0.39 is 0 Å². The molecule has 2 rings (SSSR count). The van der Waals surface area contributed by atoms with E-state index in [4.69, 9.17) is 10.5 Å². The Hall–Kier alpha value is -0.840. The van der Waals surface area contributed by atoms with Crippen molar-refractivity contribution in [3.8, 4) is 5.75 Å². The molecule has 102 valence electrons. The van der Waals surface area contributed by atoms with Crippen molar-refractivity contribution in [2.75, 3.05) is 0 Å². The summed E-state index contributed by atoms with van der Waals surface area (Å²) in [6, 6.07) is 12.5. The van der Waals surface area contributed by atoms with Crippen molar-refractivity contribution < 1.29 is 4.74 Å². The van der Waals surface area contributed by atoms with Crippen molar-refractivity contribution in [3.05, 3.63) is 50.6 Å². The minimum absolute atomic E-state index is 0.195. The molecule has 0 aliphatic heterocycles. The second-order valence-electron chi connectivity index (χ2n) is 4.47. The fraction of sp³-hybridized carbons (Fsp3) is 0.333. The first-order chi connectivity index (χ1) is 9.19. The molecular weight excluding hydrogens is 322 g/mol. The van der Waals surface area contributed by atoms with Gasteiger partial charge < -0.3 is 10.5 Å². The van der Waals surface area contributed by atoms with Crippen LogP contribution in [0, 0.1) is 0 Å². The monoisotopic (exact) mass is 339 g/mol. The fourth-order valence-electron chi connectivity index (χ4n) is 1.82. The highest BCUT2D eigenvalue weighted by Crippen LogP contribution is 2.25. The number of ether oxygens (including phenoxy) is 1. The van der Waals surface area contributed by atoms with Gasteiger partial charge in [0.05, 0.1) is 3.79 Å². The first kappa shape index (κ1) is 14.6. The average molecular weight is 340 g/mol. The van der Waals surface area contributed by atoms with E-state index in [2.05, 4.69) is 35.0 Å². The van der Waals surface area contributed by atoms with E-state index in [9.17, 15) is 0 Å². The van der Waals surface area contributed by atoms with Crippen LogP contribution >= 0.6 is 27.3 Å². The van der Waals surface area contributed by atoms with Gasteiger partial charge in [-0.2, -0.15) is 0 Å². The summed E-state index contributed by atoms with van der Waals surface area (Å²) in [7, 11) is 0. The van der Waals surface area contributed by atoms with Gasteiger partial charge in [-0.25, -0.2) is 0 Å². The van der Waals surface area contributed by atoms with Gasteiger partial charge in [0.15, 0.2) is 0 Å². The Labute approximate surface area is 126 Å². The summed E-state index contributed by atoms with van der Waals surface area (Å²) < 4.78 is 7.05. The molecule has 0 aliphatic carbocycles. The number of nitrogens with two attached hydrogens (primary N) is 1. The number of benzene rings is 1. The molecule has 2 aromatic rings. The van der Waals surface area contributed by atoms with Gasteiger partial charge in [-0.15, -0.1) is 11.3 Å². The van der Waals surface area contributed by atoms with E-state index in [1.807, 2.05) is 24.3 Å². The Morgan fingerprint density at radius 1 is 1.26 bits per heavy atom. The summed E-state index contributed by atoms with van der Waals surface area (Å²) in [6.07, 6.45) is 1.84. The van der Waals surface area contributed by atoms with E-state index in [1.165, 1.54) is 10.4 Å². The third kappa shape index (κ3) is 4.34. The van der Waals surface area contributed by atoms with Crippen molar-refractivity contribution in [2.45, 2.75) is 32.4 Å². The van der Waals surface area contributed by atoms with Crippen LogP contribution in [0.3, 0.4) is 0 Å². The zero-order chi connectivity index (χ0) is 13.7. The highest BCUT2D eigenvalue weighted by Gasteiger charge is 2.08. The van der Waals surface area contributed by atoms with Crippen LogP contribution in [0.25, 0.3) is 0 Å². The molecule has 1 unspecified atom stereocenters. The van der Waals surface area contributed by atoms with Crippen LogP contribution in [0.5, 0.6) is 5.75 Å². The molecule has 0 bridgehead atoms. The molecule has 2 N–H and O–H groups in total. The summed E-state index contributed by atoms with van der Waals surface area (Å²) in [5.74, 6) is 0.941. The average Bonchev–Trinajstić information content (AvgIpc) is 2.83. The lowest BCUT2D eigenvalue weighted by Crippen LogP contribution is -2.21. The molecule has 0 saturated carbocycles. The molecule has 2 nitrogen and oxygen atoms in total. The van der Waals surface area contributed by atoms with Gasteiger partial charge in [0.2, 0.25) is 0 Å². The standard InChI is InChI=1S/C15H18BrNOS/c1-2-12(17)9-11-5-3-4-6-14(11)18-10-13-7-8-15(16)19-13/h3-8,12H,2,9-10,17H2,1H3. The van der Waals surface area contributed by atoms with Crippen LogP contribution in [-0.2, 0) is 13.0 Å².